The molecule has 0 aromatic carbocycles. The van der Waals surface area contributed by atoms with Crippen molar-refractivity contribution in [3.05, 3.63) is 21.9 Å². The molecule has 0 aliphatic heterocycles. The van der Waals surface area contributed by atoms with Crippen LogP contribution in [0.4, 0.5) is 0 Å². The van der Waals surface area contributed by atoms with Crippen molar-refractivity contribution in [2.75, 3.05) is 27.2 Å². The van der Waals surface area contributed by atoms with Crippen LogP contribution in [0.15, 0.2) is 11.4 Å². The van der Waals surface area contributed by atoms with E-state index in [1.54, 1.807) is 25.5 Å². The number of amides is 2. The molecule has 0 atom stereocenters. The van der Waals surface area contributed by atoms with Crippen molar-refractivity contribution < 1.29 is 14.7 Å². The molecule has 0 aliphatic carbocycles. The molecule has 1 heterocycles. The van der Waals surface area contributed by atoms with Crippen LogP contribution in [-0.4, -0.2) is 49.1 Å². The molecule has 19 heavy (non-hydrogen) atoms. The van der Waals surface area contributed by atoms with Gasteiger partial charge in [-0.25, -0.2) is 0 Å². The summed E-state index contributed by atoms with van der Waals surface area (Å²) >= 11 is 1.34. The minimum absolute atomic E-state index is 0.0277. The molecule has 2 N–H and O–H groups in total. The summed E-state index contributed by atoms with van der Waals surface area (Å²) in [7, 11) is 3.35. The van der Waals surface area contributed by atoms with Gasteiger partial charge in [0.25, 0.3) is 5.91 Å². The van der Waals surface area contributed by atoms with Gasteiger partial charge in [-0.15, -0.1) is 11.3 Å². The molecule has 1 aromatic rings. The predicted octanol–water partition coefficient (Wildman–Crippen LogP) is 0.300. The Bertz CT molecular complexity index is 511. The molecule has 0 unspecified atom stereocenters. The first-order valence-corrected chi connectivity index (χ1v) is 6.59. The number of hydrogen-bond donors (Lipinski definition) is 2. The third kappa shape index (κ3) is 5.12. The molecule has 0 spiro atoms. The molecule has 0 saturated carbocycles. The molecule has 0 aliphatic rings. The highest BCUT2D eigenvalue weighted by atomic mass is 32.1. The molecule has 0 bridgehead atoms. The van der Waals surface area contributed by atoms with Crippen molar-refractivity contribution in [2.24, 2.45) is 0 Å². The van der Waals surface area contributed by atoms with Crippen molar-refractivity contribution in [3.8, 4) is 11.8 Å². The lowest BCUT2D eigenvalue weighted by atomic mass is 10.3. The van der Waals surface area contributed by atoms with Crippen LogP contribution in [0.2, 0.25) is 0 Å². The van der Waals surface area contributed by atoms with Gasteiger partial charge in [0.2, 0.25) is 5.91 Å². The van der Waals surface area contributed by atoms with Gasteiger partial charge in [0.05, 0.1) is 10.4 Å². The molecule has 0 saturated heterocycles. The normalized spacial score (nSPS) is 9.42. The molecule has 1 rings (SSSR count). The van der Waals surface area contributed by atoms with E-state index in [0.717, 1.165) is 4.88 Å². The van der Waals surface area contributed by atoms with E-state index in [0.29, 0.717) is 12.1 Å². The lowest BCUT2D eigenvalue weighted by Gasteiger charge is -2.10. The van der Waals surface area contributed by atoms with Crippen LogP contribution < -0.4 is 5.32 Å². The van der Waals surface area contributed by atoms with E-state index < -0.39 is 0 Å². The maximum atomic E-state index is 11.8. The molecule has 1 aromatic heterocycles. The average Bonchev–Trinajstić information content (AvgIpc) is 2.84. The summed E-state index contributed by atoms with van der Waals surface area (Å²) in [6.07, 6.45) is 0.278. The second-order valence-corrected chi connectivity index (χ2v) is 4.86. The van der Waals surface area contributed by atoms with Gasteiger partial charge in [-0.2, -0.15) is 0 Å². The van der Waals surface area contributed by atoms with E-state index >= 15 is 0 Å². The van der Waals surface area contributed by atoms with Gasteiger partial charge in [0.1, 0.15) is 6.61 Å². The van der Waals surface area contributed by atoms with Crippen LogP contribution in [0.5, 0.6) is 0 Å². The fourth-order valence-corrected chi connectivity index (χ4v) is 2.01. The zero-order valence-corrected chi connectivity index (χ0v) is 11.7. The van der Waals surface area contributed by atoms with Crippen molar-refractivity contribution in [2.45, 2.75) is 6.42 Å². The molecule has 102 valence electrons. The number of nitrogens with zero attached hydrogens (tertiary/aromatic N) is 1. The van der Waals surface area contributed by atoms with Gasteiger partial charge in [-0.1, -0.05) is 11.8 Å². The number of thiophene rings is 1. The Labute approximate surface area is 116 Å². The first-order valence-electron chi connectivity index (χ1n) is 5.71. The summed E-state index contributed by atoms with van der Waals surface area (Å²) < 4.78 is 0. The third-order valence-corrected chi connectivity index (χ3v) is 3.12. The number of carbonyl (C=O) groups excluding carboxylic acids is 2. The number of aliphatic hydroxyl groups is 1. The number of aliphatic hydroxyl groups excluding tert-OH is 1. The predicted molar refractivity (Wildman–Crippen MR) is 73.9 cm³/mol. The Balaban J connectivity index is 2.46. The zero-order chi connectivity index (χ0) is 14.3. The quantitative estimate of drug-likeness (QED) is 0.779. The van der Waals surface area contributed by atoms with Crippen LogP contribution in [0, 0.1) is 11.8 Å². The summed E-state index contributed by atoms with van der Waals surface area (Å²) in [5.41, 5.74) is 0.518. The van der Waals surface area contributed by atoms with Crippen LogP contribution in [0.3, 0.4) is 0 Å². The number of carbonyl (C=O) groups is 2. The second-order valence-electron chi connectivity index (χ2n) is 3.95. The minimum atomic E-state index is -0.222. The van der Waals surface area contributed by atoms with E-state index in [4.69, 9.17) is 5.11 Å². The lowest BCUT2D eigenvalue weighted by molar-refractivity contribution is -0.128. The first-order chi connectivity index (χ1) is 9.04. The third-order valence-electron chi connectivity index (χ3n) is 2.28. The van der Waals surface area contributed by atoms with E-state index in [1.165, 1.54) is 16.2 Å². The first kappa shape index (κ1) is 15.2. The number of nitrogens with one attached hydrogen (secondary N) is 1. The van der Waals surface area contributed by atoms with Crippen LogP contribution in [-0.2, 0) is 4.79 Å². The smallest absolute Gasteiger partial charge is 0.252 e. The van der Waals surface area contributed by atoms with Gasteiger partial charge in [-0.3, -0.25) is 9.59 Å². The van der Waals surface area contributed by atoms with Crippen molar-refractivity contribution in [3.63, 3.8) is 0 Å². The highest BCUT2D eigenvalue weighted by molar-refractivity contribution is 7.10. The van der Waals surface area contributed by atoms with Gasteiger partial charge in [-0.05, 0) is 6.07 Å². The molecular formula is C13H16N2O3S. The van der Waals surface area contributed by atoms with E-state index in [1.807, 2.05) is 0 Å². The van der Waals surface area contributed by atoms with Gasteiger partial charge in [0.15, 0.2) is 0 Å². The largest absolute Gasteiger partial charge is 0.384 e. The van der Waals surface area contributed by atoms with Crippen LogP contribution in [0.1, 0.15) is 21.7 Å². The Morgan fingerprint density at radius 2 is 2.21 bits per heavy atom. The van der Waals surface area contributed by atoms with Crippen molar-refractivity contribution in [1.29, 1.82) is 0 Å². The average molecular weight is 280 g/mol. The van der Waals surface area contributed by atoms with E-state index in [-0.39, 0.29) is 24.8 Å². The highest BCUT2D eigenvalue weighted by Crippen LogP contribution is 2.13. The standard InChI is InChI=1S/C13H16N2O3S/c1-15(2)12(17)5-6-14-13(18)10-8-11(19-9-10)4-3-7-16/h8-9,16H,5-7H2,1-2H3,(H,14,18). The van der Waals surface area contributed by atoms with Gasteiger partial charge < -0.3 is 15.3 Å². The van der Waals surface area contributed by atoms with Crippen molar-refractivity contribution in [1.82, 2.24) is 10.2 Å². The summed E-state index contributed by atoms with van der Waals surface area (Å²) in [6, 6.07) is 1.66. The number of hydrogen-bond acceptors (Lipinski definition) is 4. The molecule has 0 radical (unpaired) electrons. The lowest BCUT2D eigenvalue weighted by Crippen LogP contribution is -2.29. The van der Waals surface area contributed by atoms with Gasteiger partial charge in [0, 0.05) is 32.4 Å². The summed E-state index contributed by atoms with van der Waals surface area (Å²) in [6.45, 7) is 0.107. The zero-order valence-electron chi connectivity index (χ0n) is 10.9. The van der Waals surface area contributed by atoms with Gasteiger partial charge >= 0.3 is 0 Å². The minimum Gasteiger partial charge on any atom is -0.384 e. The molecule has 0 fully saturated rings. The molecule has 5 nitrogen and oxygen atoms in total. The Morgan fingerprint density at radius 1 is 1.47 bits per heavy atom. The fraction of sp³-hybridized carbons (Fsp3) is 0.385. The SMILES string of the molecule is CN(C)C(=O)CCNC(=O)c1csc(C#CCO)c1. The van der Waals surface area contributed by atoms with E-state index in [9.17, 15) is 9.59 Å². The topological polar surface area (TPSA) is 69.6 Å². The summed E-state index contributed by atoms with van der Waals surface area (Å²) in [5.74, 6) is 5.01. The second kappa shape index (κ2) is 7.56. The fourth-order valence-electron chi connectivity index (χ4n) is 1.26. The van der Waals surface area contributed by atoms with Crippen LogP contribution in [0.25, 0.3) is 0 Å². The monoisotopic (exact) mass is 280 g/mol. The van der Waals surface area contributed by atoms with Crippen molar-refractivity contribution >= 4 is 23.2 Å². The molecule has 2 amide bonds. The highest BCUT2D eigenvalue weighted by Gasteiger charge is 2.09. The Kier molecular flexibility index (Phi) is 6.06. The Hall–Kier alpha value is -1.84. The van der Waals surface area contributed by atoms with Crippen LogP contribution >= 0.6 is 11.3 Å². The van der Waals surface area contributed by atoms with E-state index in [2.05, 4.69) is 17.2 Å². The molecular weight excluding hydrogens is 264 g/mol. The summed E-state index contributed by atoms with van der Waals surface area (Å²) in [4.78, 5) is 25.3. The summed E-state index contributed by atoms with van der Waals surface area (Å²) in [5, 5.41) is 12.9. The maximum absolute atomic E-state index is 11.8. The Morgan fingerprint density at radius 3 is 2.84 bits per heavy atom. The number of rotatable bonds is 4. The molecule has 6 heteroatoms. The maximum Gasteiger partial charge on any atom is 0.252 e.